The molecule has 1 aliphatic carbocycles. The Morgan fingerprint density at radius 1 is 1.55 bits per heavy atom. The minimum absolute atomic E-state index is 0.0873. The molecule has 2 aromatic heterocycles. The van der Waals surface area contributed by atoms with E-state index >= 15 is 0 Å². The number of anilines is 2. The van der Waals surface area contributed by atoms with Gasteiger partial charge in [-0.25, -0.2) is 13.4 Å². The van der Waals surface area contributed by atoms with Crippen molar-refractivity contribution in [2.45, 2.75) is 29.5 Å². The van der Waals surface area contributed by atoms with E-state index in [1.54, 1.807) is 6.20 Å². The maximum atomic E-state index is 12.4. The van der Waals surface area contributed by atoms with Crippen LogP contribution in [-0.4, -0.2) is 27.6 Å². The Kier molecular flexibility index (Phi) is 3.17. The summed E-state index contributed by atoms with van der Waals surface area (Å²) in [5, 5.41) is 3.28. The van der Waals surface area contributed by atoms with Gasteiger partial charge in [0, 0.05) is 19.4 Å². The molecule has 1 aliphatic rings. The fraction of sp³-hybridized carbons (Fsp3) is 0.455. The number of nitrogens with two attached hydrogens (primary N) is 1. The van der Waals surface area contributed by atoms with Crippen molar-refractivity contribution < 1.29 is 8.42 Å². The average Bonchev–Trinajstić information content (AvgIpc) is 3.09. The van der Waals surface area contributed by atoms with E-state index in [4.69, 9.17) is 5.73 Å². The van der Waals surface area contributed by atoms with Gasteiger partial charge in [0.2, 0.25) is 0 Å². The predicted octanol–water partition coefficient (Wildman–Crippen LogP) is 1.01. The van der Waals surface area contributed by atoms with E-state index in [1.807, 2.05) is 17.8 Å². The third-order valence-corrected chi connectivity index (χ3v) is 6.53. The molecule has 1 fully saturated rings. The number of aromatic nitrogens is 3. The van der Waals surface area contributed by atoms with Crippen molar-refractivity contribution in [3.8, 4) is 0 Å². The molecule has 2 aromatic rings. The molecule has 7 nitrogen and oxygen atoms in total. The molecule has 0 saturated heterocycles. The fourth-order valence-electron chi connectivity index (χ4n) is 1.95. The molecule has 2 heterocycles. The molecule has 0 spiro atoms. The number of nitrogens with one attached hydrogen (secondary N) is 1. The summed E-state index contributed by atoms with van der Waals surface area (Å²) in [7, 11) is -1.47. The summed E-state index contributed by atoms with van der Waals surface area (Å²) in [4.78, 5) is 4.33. The molecule has 0 bridgehead atoms. The topological polar surface area (TPSA) is 103 Å². The van der Waals surface area contributed by atoms with Crippen LogP contribution in [0.15, 0.2) is 17.3 Å². The van der Waals surface area contributed by atoms with Crippen LogP contribution in [0.1, 0.15) is 18.7 Å². The third-order valence-electron chi connectivity index (χ3n) is 3.25. The minimum atomic E-state index is -3.35. The Balaban J connectivity index is 1.86. The first kappa shape index (κ1) is 13.4. The van der Waals surface area contributed by atoms with Gasteiger partial charge in [-0.2, -0.15) is 4.37 Å². The molecule has 9 heteroatoms. The first-order chi connectivity index (χ1) is 9.50. The summed E-state index contributed by atoms with van der Waals surface area (Å²) in [5.41, 5.74) is 5.73. The fourth-order valence-corrected chi connectivity index (χ4v) is 4.83. The van der Waals surface area contributed by atoms with Crippen molar-refractivity contribution in [2.24, 2.45) is 7.05 Å². The lowest BCUT2D eigenvalue weighted by molar-refractivity contribution is 0.595. The highest BCUT2D eigenvalue weighted by Crippen LogP contribution is 2.41. The number of imidazole rings is 1. The second-order valence-electron chi connectivity index (χ2n) is 4.78. The molecule has 0 aromatic carbocycles. The molecule has 3 N–H and O–H groups in total. The van der Waals surface area contributed by atoms with E-state index in [-0.39, 0.29) is 16.0 Å². The maximum absolute atomic E-state index is 12.4. The summed E-state index contributed by atoms with van der Waals surface area (Å²) in [6, 6.07) is 0. The van der Waals surface area contributed by atoms with Crippen LogP contribution in [0.2, 0.25) is 0 Å². The van der Waals surface area contributed by atoms with Crippen LogP contribution in [0.5, 0.6) is 0 Å². The van der Waals surface area contributed by atoms with E-state index in [0.717, 1.165) is 17.4 Å². The average molecular weight is 313 g/mol. The molecular weight excluding hydrogens is 298 g/mol. The number of aryl methyl sites for hydroxylation is 1. The maximum Gasteiger partial charge on any atom is 0.187 e. The molecule has 108 valence electrons. The second kappa shape index (κ2) is 4.74. The van der Waals surface area contributed by atoms with Crippen LogP contribution in [0, 0.1) is 0 Å². The Morgan fingerprint density at radius 2 is 2.30 bits per heavy atom. The van der Waals surface area contributed by atoms with Crippen LogP contribution in [0.3, 0.4) is 0 Å². The number of hydrogen-bond acceptors (Lipinski definition) is 7. The second-order valence-corrected chi connectivity index (χ2v) is 7.72. The van der Waals surface area contributed by atoms with Gasteiger partial charge in [-0.05, 0) is 24.4 Å². The normalized spacial score (nSPS) is 15.4. The van der Waals surface area contributed by atoms with Crippen LogP contribution in [0.25, 0.3) is 0 Å². The van der Waals surface area contributed by atoms with E-state index in [0.29, 0.717) is 24.4 Å². The molecular formula is C11H15N5O2S2. The molecule has 0 atom stereocenters. The molecule has 20 heavy (non-hydrogen) atoms. The van der Waals surface area contributed by atoms with Gasteiger partial charge in [-0.1, -0.05) is 0 Å². The molecule has 0 unspecified atom stereocenters. The lowest BCUT2D eigenvalue weighted by Crippen LogP contribution is -2.12. The SMILES string of the molecule is Cn1ccnc1CNc1snc(N)c1S(=O)(=O)C1CC1. The van der Waals surface area contributed by atoms with E-state index < -0.39 is 9.84 Å². The highest BCUT2D eigenvalue weighted by atomic mass is 32.2. The Labute approximate surface area is 120 Å². The van der Waals surface area contributed by atoms with Gasteiger partial charge in [-0.3, -0.25) is 0 Å². The summed E-state index contributed by atoms with van der Waals surface area (Å²) < 4.78 is 30.5. The molecule has 3 rings (SSSR count). The quantitative estimate of drug-likeness (QED) is 0.854. The number of rotatable bonds is 5. The monoisotopic (exact) mass is 313 g/mol. The summed E-state index contributed by atoms with van der Waals surface area (Å²) in [5.74, 6) is 0.899. The summed E-state index contributed by atoms with van der Waals surface area (Å²) in [6.07, 6.45) is 4.94. The molecule has 1 saturated carbocycles. The first-order valence-corrected chi connectivity index (χ1v) is 8.51. The van der Waals surface area contributed by atoms with Gasteiger partial charge < -0.3 is 15.6 Å². The Hall–Kier alpha value is -1.61. The number of nitrogen functional groups attached to an aromatic ring is 1. The predicted molar refractivity (Wildman–Crippen MR) is 77.3 cm³/mol. The smallest absolute Gasteiger partial charge is 0.187 e. The zero-order chi connectivity index (χ0) is 14.3. The van der Waals surface area contributed by atoms with Crippen molar-refractivity contribution in [2.75, 3.05) is 11.1 Å². The molecule has 0 aliphatic heterocycles. The van der Waals surface area contributed by atoms with Crippen LogP contribution in [-0.2, 0) is 23.4 Å². The van der Waals surface area contributed by atoms with Crippen molar-refractivity contribution in [1.82, 2.24) is 13.9 Å². The minimum Gasteiger partial charge on any atom is -0.382 e. The highest BCUT2D eigenvalue weighted by molar-refractivity contribution is 7.92. The number of hydrogen-bond donors (Lipinski definition) is 2. The van der Waals surface area contributed by atoms with Crippen molar-refractivity contribution >= 4 is 32.2 Å². The first-order valence-electron chi connectivity index (χ1n) is 6.19. The lowest BCUT2D eigenvalue weighted by atomic mass is 10.5. The lowest BCUT2D eigenvalue weighted by Gasteiger charge is -2.07. The van der Waals surface area contributed by atoms with Gasteiger partial charge >= 0.3 is 0 Å². The van der Waals surface area contributed by atoms with E-state index in [9.17, 15) is 8.42 Å². The van der Waals surface area contributed by atoms with Gasteiger partial charge in [0.1, 0.15) is 15.7 Å². The summed E-state index contributed by atoms with van der Waals surface area (Å²) in [6.45, 7) is 0.429. The van der Waals surface area contributed by atoms with Crippen molar-refractivity contribution in [3.05, 3.63) is 18.2 Å². The Morgan fingerprint density at radius 3 is 2.90 bits per heavy atom. The molecule has 0 radical (unpaired) electrons. The van der Waals surface area contributed by atoms with Gasteiger partial charge in [0.25, 0.3) is 0 Å². The Bertz CT molecular complexity index is 730. The highest BCUT2D eigenvalue weighted by Gasteiger charge is 2.40. The standard InChI is InChI=1S/C11H15N5O2S2/c1-16-5-4-13-8(16)6-14-11-9(10(12)15-19-11)20(17,18)7-2-3-7/h4-5,7,14H,2-3,6H2,1H3,(H2,12,15). The van der Waals surface area contributed by atoms with Gasteiger partial charge in [0.05, 0.1) is 11.8 Å². The van der Waals surface area contributed by atoms with Gasteiger partial charge in [0.15, 0.2) is 15.7 Å². The third kappa shape index (κ3) is 2.27. The van der Waals surface area contributed by atoms with E-state index in [2.05, 4.69) is 14.7 Å². The zero-order valence-corrected chi connectivity index (χ0v) is 12.5. The number of sulfone groups is 1. The number of nitrogens with zero attached hydrogens (tertiary/aromatic N) is 3. The van der Waals surface area contributed by atoms with Crippen LogP contribution >= 0.6 is 11.5 Å². The van der Waals surface area contributed by atoms with Crippen molar-refractivity contribution in [1.29, 1.82) is 0 Å². The summed E-state index contributed by atoms with van der Waals surface area (Å²) >= 11 is 1.07. The van der Waals surface area contributed by atoms with Crippen LogP contribution in [0.4, 0.5) is 10.8 Å². The van der Waals surface area contributed by atoms with Crippen molar-refractivity contribution in [3.63, 3.8) is 0 Å². The zero-order valence-electron chi connectivity index (χ0n) is 10.9. The van der Waals surface area contributed by atoms with Gasteiger partial charge in [-0.15, -0.1) is 0 Å². The van der Waals surface area contributed by atoms with Crippen LogP contribution < -0.4 is 11.1 Å². The molecule has 0 amide bonds. The largest absolute Gasteiger partial charge is 0.382 e. The van der Waals surface area contributed by atoms with E-state index in [1.165, 1.54) is 0 Å².